The number of Topliss-reactive ketones (excluding diaryl/α,β-unsaturated/α-hetero) is 1. The molecule has 23 heavy (non-hydrogen) atoms. The monoisotopic (exact) mass is 317 g/mol. The summed E-state index contributed by atoms with van der Waals surface area (Å²) in [5, 5.41) is 3.08. The van der Waals surface area contributed by atoms with E-state index in [1.807, 2.05) is 24.3 Å². The zero-order valence-corrected chi connectivity index (χ0v) is 14.1. The summed E-state index contributed by atoms with van der Waals surface area (Å²) in [6.45, 7) is 3.85. The van der Waals surface area contributed by atoms with Crippen LogP contribution in [0.3, 0.4) is 0 Å². The van der Waals surface area contributed by atoms with Crippen LogP contribution in [0.15, 0.2) is 24.3 Å². The van der Waals surface area contributed by atoms with Gasteiger partial charge in [0, 0.05) is 12.5 Å². The summed E-state index contributed by atoms with van der Waals surface area (Å²) < 4.78 is 5.55. The topological polar surface area (TPSA) is 55.4 Å². The molecule has 1 aromatic carbocycles. The van der Waals surface area contributed by atoms with Gasteiger partial charge in [0.05, 0.1) is 0 Å². The summed E-state index contributed by atoms with van der Waals surface area (Å²) in [5.41, 5.74) is 1.10. The van der Waals surface area contributed by atoms with Gasteiger partial charge in [-0.25, -0.2) is 0 Å². The maximum atomic E-state index is 12.0. The Bertz CT molecular complexity index is 524. The summed E-state index contributed by atoms with van der Waals surface area (Å²) >= 11 is 0. The fourth-order valence-electron chi connectivity index (χ4n) is 3.00. The molecule has 0 spiro atoms. The number of benzene rings is 1. The predicted octanol–water partition coefficient (Wildman–Crippen LogP) is 3.28. The standard InChI is InChI=1S/C19H27NO3/c1-14-5-3-4-6-18(14)20-19(22)13-23-17-11-9-16(10-12-17)8-7-15(2)21/h9-12,14,18H,3-8,13H2,1-2H3,(H,20,22)/t14-,18+/m1/s1. The number of ketones is 1. The minimum atomic E-state index is -0.0515. The Morgan fingerprint density at radius 3 is 2.52 bits per heavy atom. The molecule has 0 heterocycles. The van der Waals surface area contributed by atoms with Gasteiger partial charge in [0.1, 0.15) is 11.5 Å². The van der Waals surface area contributed by atoms with E-state index in [2.05, 4.69) is 12.2 Å². The molecule has 1 aliphatic carbocycles. The molecule has 0 aromatic heterocycles. The first kappa shape index (κ1) is 17.5. The number of carbonyl (C=O) groups excluding carboxylic acids is 2. The fourth-order valence-corrected chi connectivity index (χ4v) is 3.00. The lowest BCUT2D eigenvalue weighted by atomic mass is 9.86. The Hall–Kier alpha value is -1.84. The van der Waals surface area contributed by atoms with Gasteiger partial charge in [-0.15, -0.1) is 0 Å². The van der Waals surface area contributed by atoms with Gasteiger partial charge in [-0.1, -0.05) is 31.9 Å². The summed E-state index contributed by atoms with van der Waals surface area (Å²) in [4.78, 5) is 23.0. The number of rotatable bonds is 7. The van der Waals surface area contributed by atoms with E-state index in [4.69, 9.17) is 4.74 Å². The van der Waals surface area contributed by atoms with Gasteiger partial charge in [0.25, 0.3) is 5.91 Å². The molecule has 2 atom stereocenters. The molecule has 0 unspecified atom stereocenters. The number of aryl methyl sites for hydroxylation is 1. The summed E-state index contributed by atoms with van der Waals surface area (Å²) in [6, 6.07) is 7.88. The van der Waals surface area contributed by atoms with Crippen molar-refractivity contribution in [2.75, 3.05) is 6.61 Å². The maximum Gasteiger partial charge on any atom is 0.258 e. The van der Waals surface area contributed by atoms with Crippen LogP contribution in [0.1, 0.15) is 51.5 Å². The number of carbonyl (C=O) groups is 2. The highest BCUT2D eigenvalue weighted by Crippen LogP contribution is 2.23. The second kappa shape index (κ2) is 8.70. The average Bonchev–Trinajstić information content (AvgIpc) is 2.54. The van der Waals surface area contributed by atoms with Crippen molar-refractivity contribution in [2.24, 2.45) is 5.92 Å². The smallest absolute Gasteiger partial charge is 0.258 e. The van der Waals surface area contributed by atoms with Crippen LogP contribution in [0.5, 0.6) is 5.75 Å². The van der Waals surface area contributed by atoms with Crippen molar-refractivity contribution in [3.8, 4) is 5.75 Å². The molecule has 0 aliphatic heterocycles. The first-order chi connectivity index (χ1) is 11.0. The molecular formula is C19H27NO3. The van der Waals surface area contributed by atoms with Crippen molar-refractivity contribution in [2.45, 2.75) is 58.4 Å². The molecule has 2 rings (SSSR count). The summed E-state index contributed by atoms with van der Waals surface area (Å²) in [6.07, 6.45) is 6.01. The summed E-state index contributed by atoms with van der Waals surface area (Å²) in [7, 11) is 0. The van der Waals surface area contributed by atoms with E-state index in [1.54, 1.807) is 6.92 Å². The van der Waals surface area contributed by atoms with E-state index in [0.717, 1.165) is 18.4 Å². The van der Waals surface area contributed by atoms with Gasteiger partial charge in [-0.3, -0.25) is 4.79 Å². The van der Waals surface area contributed by atoms with Crippen molar-refractivity contribution < 1.29 is 14.3 Å². The van der Waals surface area contributed by atoms with Gasteiger partial charge in [-0.05, 0) is 49.8 Å². The predicted molar refractivity (Wildman–Crippen MR) is 90.5 cm³/mol. The zero-order chi connectivity index (χ0) is 16.7. The third kappa shape index (κ3) is 6.05. The van der Waals surface area contributed by atoms with Gasteiger partial charge < -0.3 is 14.8 Å². The minimum absolute atomic E-state index is 0.0515. The van der Waals surface area contributed by atoms with Gasteiger partial charge >= 0.3 is 0 Å². The molecule has 0 radical (unpaired) electrons. The van der Waals surface area contributed by atoms with Crippen LogP contribution in [-0.4, -0.2) is 24.3 Å². The number of ether oxygens (including phenoxy) is 1. The molecule has 4 heteroatoms. The lowest BCUT2D eigenvalue weighted by Gasteiger charge is -2.29. The number of nitrogens with one attached hydrogen (secondary N) is 1. The molecule has 1 N–H and O–H groups in total. The number of hydrogen-bond acceptors (Lipinski definition) is 3. The highest BCUT2D eigenvalue weighted by molar-refractivity contribution is 5.78. The number of amides is 1. The molecule has 1 aromatic rings. The van der Waals surface area contributed by atoms with Crippen LogP contribution in [0.2, 0.25) is 0 Å². The van der Waals surface area contributed by atoms with E-state index >= 15 is 0 Å². The van der Waals surface area contributed by atoms with Crippen LogP contribution in [-0.2, 0) is 16.0 Å². The van der Waals surface area contributed by atoms with E-state index in [9.17, 15) is 9.59 Å². The Labute approximate surface area is 138 Å². The van der Waals surface area contributed by atoms with E-state index in [0.29, 0.717) is 18.1 Å². The minimum Gasteiger partial charge on any atom is -0.484 e. The Kier molecular flexibility index (Phi) is 6.63. The molecule has 1 fully saturated rings. The lowest BCUT2D eigenvalue weighted by Crippen LogP contribution is -2.43. The normalized spacial score (nSPS) is 20.8. The van der Waals surface area contributed by atoms with Crippen molar-refractivity contribution >= 4 is 11.7 Å². The van der Waals surface area contributed by atoms with Gasteiger partial charge in [0.2, 0.25) is 0 Å². The molecule has 0 saturated heterocycles. The van der Waals surface area contributed by atoms with Crippen LogP contribution >= 0.6 is 0 Å². The molecule has 1 amide bonds. The van der Waals surface area contributed by atoms with Crippen LogP contribution in [0, 0.1) is 5.92 Å². The Balaban J connectivity index is 1.74. The third-order valence-electron chi connectivity index (χ3n) is 4.52. The number of hydrogen-bond donors (Lipinski definition) is 1. The highest BCUT2D eigenvalue weighted by atomic mass is 16.5. The zero-order valence-electron chi connectivity index (χ0n) is 14.1. The van der Waals surface area contributed by atoms with E-state index in [1.165, 1.54) is 19.3 Å². The average molecular weight is 317 g/mol. The Morgan fingerprint density at radius 1 is 1.17 bits per heavy atom. The molecule has 0 bridgehead atoms. The van der Waals surface area contributed by atoms with Crippen molar-refractivity contribution in [1.82, 2.24) is 5.32 Å². The van der Waals surface area contributed by atoms with Gasteiger partial charge in [0.15, 0.2) is 6.61 Å². The third-order valence-corrected chi connectivity index (χ3v) is 4.52. The second-order valence-corrected chi connectivity index (χ2v) is 6.57. The largest absolute Gasteiger partial charge is 0.484 e. The first-order valence-corrected chi connectivity index (χ1v) is 8.55. The lowest BCUT2D eigenvalue weighted by molar-refractivity contribution is -0.124. The van der Waals surface area contributed by atoms with Crippen molar-refractivity contribution in [3.63, 3.8) is 0 Å². The molecule has 1 saturated carbocycles. The van der Waals surface area contributed by atoms with Crippen molar-refractivity contribution in [3.05, 3.63) is 29.8 Å². The van der Waals surface area contributed by atoms with Crippen LogP contribution in [0.25, 0.3) is 0 Å². The van der Waals surface area contributed by atoms with E-state index < -0.39 is 0 Å². The first-order valence-electron chi connectivity index (χ1n) is 8.55. The molecule has 126 valence electrons. The van der Waals surface area contributed by atoms with E-state index in [-0.39, 0.29) is 24.3 Å². The summed E-state index contributed by atoms with van der Waals surface area (Å²) in [5.74, 6) is 1.38. The molecular weight excluding hydrogens is 290 g/mol. The maximum absolute atomic E-state index is 12.0. The molecule has 4 nitrogen and oxygen atoms in total. The van der Waals surface area contributed by atoms with Crippen LogP contribution in [0.4, 0.5) is 0 Å². The Morgan fingerprint density at radius 2 is 1.87 bits per heavy atom. The second-order valence-electron chi connectivity index (χ2n) is 6.57. The molecule has 1 aliphatic rings. The van der Waals surface area contributed by atoms with Crippen molar-refractivity contribution in [1.29, 1.82) is 0 Å². The highest BCUT2D eigenvalue weighted by Gasteiger charge is 2.22. The fraction of sp³-hybridized carbons (Fsp3) is 0.579. The van der Waals surface area contributed by atoms with Gasteiger partial charge in [-0.2, -0.15) is 0 Å². The quantitative estimate of drug-likeness (QED) is 0.839. The SMILES string of the molecule is CC(=O)CCc1ccc(OCC(=O)N[C@H]2CCCC[C@H]2C)cc1. The van der Waals surface area contributed by atoms with Crippen LogP contribution < -0.4 is 10.1 Å².